The lowest BCUT2D eigenvalue weighted by molar-refractivity contribution is 0.205. The summed E-state index contributed by atoms with van der Waals surface area (Å²) in [5.74, 6) is 2.01. The lowest BCUT2D eigenvalue weighted by Crippen LogP contribution is -2.08. The smallest absolute Gasteiger partial charge is 0.203 e. The van der Waals surface area contributed by atoms with Crippen LogP contribution >= 0.6 is 0 Å². The Bertz CT molecular complexity index is 848. The summed E-state index contributed by atoms with van der Waals surface area (Å²) >= 11 is 0. The number of ether oxygens (including phenoxy) is 3. The first-order valence-corrected chi connectivity index (χ1v) is 7.50. The van der Waals surface area contributed by atoms with Crippen LogP contribution in [0.15, 0.2) is 36.4 Å². The van der Waals surface area contributed by atoms with E-state index in [1.165, 1.54) is 0 Å². The highest BCUT2D eigenvalue weighted by molar-refractivity contribution is 5.76. The fraction of sp³-hybridized carbons (Fsp3) is 0.278. The number of aliphatic hydroxyl groups is 1. The standard InChI is InChI=1S/C18H20N2O4/c1-20-13-8-6-5-7-12(13)19-18(20)16(21)11-9-14(22-2)17(24-4)15(10-11)23-3/h5-10,16,21H,1-4H3/t16-/m1/s1. The van der Waals surface area contributed by atoms with Gasteiger partial charge in [-0.25, -0.2) is 4.98 Å². The van der Waals surface area contributed by atoms with Crippen LogP contribution in [-0.4, -0.2) is 36.0 Å². The number of aryl methyl sites for hydroxylation is 1. The van der Waals surface area contributed by atoms with Crippen molar-refractivity contribution in [3.05, 3.63) is 47.8 Å². The van der Waals surface area contributed by atoms with Crippen LogP contribution in [-0.2, 0) is 7.05 Å². The Morgan fingerprint density at radius 3 is 2.17 bits per heavy atom. The maximum atomic E-state index is 10.8. The van der Waals surface area contributed by atoms with Crippen molar-refractivity contribution in [2.45, 2.75) is 6.10 Å². The summed E-state index contributed by atoms with van der Waals surface area (Å²) in [7, 11) is 6.51. The molecular weight excluding hydrogens is 308 g/mol. The van der Waals surface area contributed by atoms with Gasteiger partial charge in [0.2, 0.25) is 5.75 Å². The summed E-state index contributed by atoms with van der Waals surface area (Å²) in [6, 6.07) is 11.2. The van der Waals surface area contributed by atoms with Gasteiger partial charge in [-0.05, 0) is 29.8 Å². The second kappa shape index (κ2) is 6.41. The van der Waals surface area contributed by atoms with Gasteiger partial charge in [-0.15, -0.1) is 0 Å². The van der Waals surface area contributed by atoms with E-state index in [1.807, 2.05) is 35.9 Å². The van der Waals surface area contributed by atoms with Crippen LogP contribution in [0, 0.1) is 0 Å². The minimum Gasteiger partial charge on any atom is -0.493 e. The molecule has 1 aromatic heterocycles. The number of aromatic nitrogens is 2. The number of rotatable bonds is 5. The van der Waals surface area contributed by atoms with E-state index in [4.69, 9.17) is 14.2 Å². The van der Waals surface area contributed by atoms with E-state index in [0.29, 0.717) is 28.6 Å². The molecule has 0 amide bonds. The van der Waals surface area contributed by atoms with Crippen molar-refractivity contribution in [1.82, 2.24) is 9.55 Å². The minimum atomic E-state index is -0.920. The fourth-order valence-corrected chi connectivity index (χ4v) is 2.82. The molecule has 0 bridgehead atoms. The molecule has 1 atom stereocenters. The Morgan fingerprint density at radius 2 is 1.62 bits per heavy atom. The summed E-state index contributed by atoms with van der Waals surface area (Å²) in [5.41, 5.74) is 2.41. The zero-order chi connectivity index (χ0) is 17.3. The molecule has 24 heavy (non-hydrogen) atoms. The highest BCUT2D eigenvalue weighted by atomic mass is 16.5. The van der Waals surface area contributed by atoms with Crippen molar-refractivity contribution in [3.8, 4) is 17.2 Å². The van der Waals surface area contributed by atoms with Crippen LogP contribution in [0.2, 0.25) is 0 Å². The molecule has 0 aliphatic rings. The molecule has 0 unspecified atom stereocenters. The summed E-state index contributed by atoms with van der Waals surface area (Å²) in [6.45, 7) is 0. The van der Waals surface area contributed by atoms with Gasteiger partial charge in [-0.1, -0.05) is 12.1 Å². The third-order valence-electron chi connectivity index (χ3n) is 4.07. The number of benzene rings is 2. The largest absolute Gasteiger partial charge is 0.493 e. The summed E-state index contributed by atoms with van der Waals surface area (Å²) in [4.78, 5) is 4.54. The van der Waals surface area contributed by atoms with Gasteiger partial charge in [0.15, 0.2) is 11.5 Å². The van der Waals surface area contributed by atoms with Gasteiger partial charge in [-0.2, -0.15) is 0 Å². The van der Waals surface area contributed by atoms with Gasteiger partial charge in [0, 0.05) is 7.05 Å². The molecule has 0 spiro atoms. The molecule has 1 heterocycles. The van der Waals surface area contributed by atoms with Gasteiger partial charge in [0.1, 0.15) is 11.9 Å². The van der Waals surface area contributed by atoms with E-state index in [1.54, 1.807) is 33.5 Å². The Hall–Kier alpha value is -2.73. The molecule has 6 heteroatoms. The molecule has 0 aliphatic carbocycles. The summed E-state index contributed by atoms with van der Waals surface area (Å²) < 4.78 is 17.9. The number of fused-ring (bicyclic) bond motifs is 1. The molecule has 126 valence electrons. The van der Waals surface area contributed by atoms with Crippen LogP contribution in [0.3, 0.4) is 0 Å². The first kappa shape index (κ1) is 16.1. The molecule has 0 saturated carbocycles. The molecule has 0 radical (unpaired) electrons. The number of imidazole rings is 1. The number of methoxy groups -OCH3 is 3. The maximum absolute atomic E-state index is 10.8. The van der Waals surface area contributed by atoms with Gasteiger partial charge >= 0.3 is 0 Å². The van der Waals surface area contributed by atoms with Crippen LogP contribution < -0.4 is 14.2 Å². The molecule has 0 saturated heterocycles. The van der Waals surface area contributed by atoms with E-state index in [0.717, 1.165) is 11.0 Å². The lowest BCUT2D eigenvalue weighted by atomic mass is 10.1. The average Bonchev–Trinajstić information content (AvgIpc) is 2.96. The SMILES string of the molecule is COc1cc([C@@H](O)c2nc3ccccc3n2C)cc(OC)c1OC. The fourth-order valence-electron chi connectivity index (χ4n) is 2.82. The molecule has 1 N–H and O–H groups in total. The molecule has 0 aliphatic heterocycles. The minimum absolute atomic E-state index is 0.487. The van der Waals surface area contributed by atoms with E-state index >= 15 is 0 Å². The quantitative estimate of drug-likeness (QED) is 0.780. The zero-order valence-corrected chi connectivity index (χ0v) is 14.1. The van der Waals surface area contributed by atoms with Gasteiger partial charge < -0.3 is 23.9 Å². The van der Waals surface area contributed by atoms with Gasteiger partial charge in [-0.3, -0.25) is 0 Å². The number of aliphatic hydroxyl groups excluding tert-OH is 1. The summed E-state index contributed by atoms with van der Waals surface area (Å²) in [5, 5.41) is 10.8. The topological polar surface area (TPSA) is 65.7 Å². The monoisotopic (exact) mass is 328 g/mol. The predicted molar refractivity (Wildman–Crippen MR) is 90.9 cm³/mol. The third-order valence-corrected chi connectivity index (χ3v) is 4.07. The molecular formula is C18H20N2O4. The lowest BCUT2D eigenvalue weighted by Gasteiger charge is -2.17. The number of nitrogens with zero attached hydrogens (tertiary/aromatic N) is 2. The average molecular weight is 328 g/mol. The van der Waals surface area contributed by atoms with Crippen molar-refractivity contribution < 1.29 is 19.3 Å². The van der Waals surface area contributed by atoms with Gasteiger partial charge in [0.25, 0.3) is 0 Å². The second-order valence-corrected chi connectivity index (χ2v) is 5.38. The molecule has 3 rings (SSSR count). The van der Waals surface area contributed by atoms with Crippen LogP contribution in [0.25, 0.3) is 11.0 Å². The van der Waals surface area contributed by atoms with Crippen LogP contribution in [0.5, 0.6) is 17.2 Å². The second-order valence-electron chi connectivity index (χ2n) is 5.38. The summed E-state index contributed by atoms with van der Waals surface area (Å²) in [6.07, 6.45) is -0.920. The molecule has 6 nitrogen and oxygen atoms in total. The van der Waals surface area contributed by atoms with E-state index in [9.17, 15) is 5.11 Å². The Kier molecular flexibility index (Phi) is 4.31. The highest BCUT2D eigenvalue weighted by Gasteiger charge is 2.22. The van der Waals surface area contributed by atoms with Gasteiger partial charge in [0.05, 0.1) is 32.4 Å². The van der Waals surface area contributed by atoms with E-state index in [2.05, 4.69) is 4.98 Å². The molecule has 2 aromatic carbocycles. The Labute approximate surface area is 140 Å². The molecule has 0 fully saturated rings. The maximum Gasteiger partial charge on any atom is 0.203 e. The van der Waals surface area contributed by atoms with Crippen molar-refractivity contribution in [2.75, 3.05) is 21.3 Å². The first-order valence-electron chi connectivity index (χ1n) is 7.50. The van der Waals surface area contributed by atoms with Crippen LogP contribution in [0.1, 0.15) is 17.5 Å². The van der Waals surface area contributed by atoms with Crippen molar-refractivity contribution in [2.24, 2.45) is 7.05 Å². The predicted octanol–water partition coefficient (Wildman–Crippen LogP) is 2.68. The zero-order valence-electron chi connectivity index (χ0n) is 14.1. The Morgan fingerprint density at radius 1 is 1.00 bits per heavy atom. The normalized spacial score (nSPS) is 12.2. The van der Waals surface area contributed by atoms with Crippen LogP contribution in [0.4, 0.5) is 0 Å². The Balaban J connectivity index is 2.11. The number of hydrogen-bond acceptors (Lipinski definition) is 5. The van der Waals surface area contributed by atoms with Crippen molar-refractivity contribution in [3.63, 3.8) is 0 Å². The first-order chi connectivity index (χ1) is 11.6. The van der Waals surface area contributed by atoms with Crippen molar-refractivity contribution in [1.29, 1.82) is 0 Å². The third kappa shape index (κ3) is 2.55. The van der Waals surface area contributed by atoms with E-state index in [-0.39, 0.29) is 0 Å². The number of hydrogen-bond donors (Lipinski definition) is 1. The molecule has 3 aromatic rings. The van der Waals surface area contributed by atoms with E-state index < -0.39 is 6.10 Å². The number of para-hydroxylation sites is 2. The van der Waals surface area contributed by atoms with Crippen molar-refractivity contribution >= 4 is 11.0 Å². The highest BCUT2D eigenvalue weighted by Crippen LogP contribution is 2.40.